The van der Waals surface area contributed by atoms with Crippen LogP contribution in [-0.2, 0) is 10.0 Å². The summed E-state index contributed by atoms with van der Waals surface area (Å²) in [5.41, 5.74) is 1.86. The maximum absolute atomic E-state index is 13.4. The highest BCUT2D eigenvalue weighted by Gasteiger charge is 2.39. The van der Waals surface area contributed by atoms with E-state index >= 15 is 0 Å². The Balaban J connectivity index is 1.41. The van der Waals surface area contributed by atoms with E-state index < -0.39 is 15.6 Å². The molecule has 1 saturated carbocycles. The average molecular weight is 522 g/mol. The van der Waals surface area contributed by atoms with Gasteiger partial charge in [-0.1, -0.05) is 55.0 Å². The summed E-state index contributed by atoms with van der Waals surface area (Å²) in [6, 6.07) is 18.2. The van der Waals surface area contributed by atoms with Gasteiger partial charge >= 0.3 is 5.63 Å². The minimum absolute atomic E-state index is 0.0268. The van der Waals surface area contributed by atoms with Crippen LogP contribution in [-0.4, -0.2) is 30.4 Å². The Morgan fingerprint density at radius 1 is 1.05 bits per heavy atom. The van der Waals surface area contributed by atoms with Crippen LogP contribution in [0.5, 0.6) is 5.75 Å². The standard InChI is InChI=1S/C30H35NO5S/c1-3-21(18-24-10-7-17-31(24)37(34,35)25-15-11-20(2)12-16-25)27-19-26(32)29(30(33)36-27)28(23-13-14-23)22-8-5-4-6-9-22/h4-6,8-9,11-12,15-16,19,21,23-24,28,32H,3,7,10,13-14,17-18H2,1-2H3. The molecule has 3 atom stereocenters. The molecule has 0 bridgehead atoms. The minimum atomic E-state index is -3.62. The monoisotopic (exact) mass is 521 g/mol. The first-order valence-electron chi connectivity index (χ1n) is 13.3. The van der Waals surface area contributed by atoms with Crippen molar-refractivity contribution in [3.8, 4) is 5.75 Å². The van der Waals surface area contributed by atoms with Crippen LogP contribution in [0.15, 0.2) is 74.8 Å². The topological polar surface area (TPSA) is 87.8 Å². The van der Waals surface area contributed by atoms with E-state index in [1.165, 1.54) is 0 Å². The predicted octanol–water partition coefficient (Wildman–Crippen LogP) is 5.93. The van der Waals surface area contributed by atoms with Crippen molar-refractivity contribution in [2.45, 2.75) is 75.1 Å². The molecule has 2 heterocycles. The Hall–Kier alpha value is -2.90. The van der Waals surface area contributed by atoms with Crippen molar-refractivity contribution in [1.29, 1.82) is 0 Å². The van der Waals surface area contributed by atoms with E-state index in [9.17, 15) is 18.3 Å². The molecule has 2 aliphatic rings. The molecule has 37 heavy (non-hydrogen) atoms. The summed E-state index contributed by atoms with van der Waals surface area (Å²) in [5, 5.41) is 11.1. The number of hydrogen-bond donors (Lipinski definition) is 1. The van der Waals surface area contributed by atoms with Crippen LogP contribution < -0.4 is 5.63 Å². The van der Waals surface area contributed by atoms with Crippen LogP contribution >= 0.6 is 0 Å². The second kappa shape index (κ2) is 10.5. The first-order valence-corrected chi connectivity index (χ1v) is 14.7. The number of nitrogens with zero attached hydrogens (tertiary/aromatic N) is 1. The number of benzene rings is 2. The third-order valence-corrected chi connectivity index (χ3v) is 9.92. The molecule has 7 heteroatoms. The van der Waals surface area contributed by atoms with Crippen molar-refractivity contribution in [2.75, 3.05) is 6.54 Å². The normalized spacial score (nSPS) is 20.1. The van der Waals surface area contributed by atoms with Crippen molar-refractivity contribution in [1.82, 2.24) is 4.31 Å². The highest BCUT2D eigenvalue weighted by Crippen LogP contribution is 2.48. The van der Waals surface area contributed by atoms with Crippen molar-refractivity contribution in [2.24, 2.45) is 5.92 Å². The van der Waals surface area contributed by atoms with Gasteiger partial charge in [-0.3, -0.25) is 0 Å². The maximum Gasteiger partial charge on any atom is 0.343 e. The van der Waals surface area contributed by atoms with E-state index in [4.69, 9.17) is 4.42 Å². The zero-order valence-electron chi connectivity index (χ0n) is 21.5. The molecule has 1 saturated heterocycles. The lowest BCUT2D eigenvalue weighted by Gasteiger charge is -2.27. The molecule has 0 spiro atoms. The molecule has 2 aromatic carbocycles. The van der Waals surface area contributed by atoms with Crippen molar-refractivity contribution < 1.29 is 17.9 Å². The molecule has 1 N–H and O–H groups in total. The van der Waals surface area contributed by atoms with Gasteiger partial charge in [0.25, 0.3) is 0 Å². The Bertz CT molecular complexity index is 1390. The Labute approximate surface area is 219 Å². The van der Waals surface area contributed by atoms with Crippen LogP contribution in [0.4, 0.5) is 0 Å². The van der Waals surface area contributed by atoms with E-state index in [2.05, 4.69) is 0 Å². The summed E-state index contributed by atoms with van der Waals surface area (Å²) in [7, 11) is -3.62. The predicted molar refractivity (Wildman–Crippen MR) is 143 cm³/mol. The number of rotatable bonds is 9. The molecule has 0 radical (unpaired) electrons. The molecule has 0 amide bonds. The number of hydrogen-bond acceptors (Lipinski definition) is 5. The Morgan fingerprint density at radius 3 is 2.38 bits per heavy atom. The first-order chi connectivity index (χ1) is 17.8. The Morgan fingerprint density at radius 2 is 1.76 bits per heavy atom. The van der Waals surface area contributed by atoms with Crippen LogP contribution in [0.3, 0.4) is 0 Å². The van der Waals surface area contributed by atoms with Gasteiger partial charge in [0, 0.05) is 30.5 Å². The molecule has 6 nitrogen and oxygen atoms in total. The molecule has 1 aliphatic carbocycles. The van der Waals surface area contributed by atoms with Gasteiger partial charge in [-0.05, 0) is 69.1 Å². The van der Waals surface area contributed by atoms with Gasteiger partial charge in [0.15, 0.2) is 0 Å². The number of aryl methyl sites for hydroxylation is 1. The van der Waals surface area contributed by atoms with Crippen LogP contribution in [0.1, 0.15) is 79.7 Å². The van der Waals surface area contributed by atoms with Crippen molar-refractivity contribution >= 4 is 10.0 Å². The third kappa shape index (κ3) is 5.25. The molecule has 1 aromatic heterocycles. The summed E-state index contributed by atoms with van der Waals surface area (Å²) in [6.45, 7) is 4.41. The highest BCUT2D eigenvalue weighted by molar-refractivity contribution is 7.89. The van der Waals surface area contributed by atoms with Crippen molar-refractivity contribution in [3.05, 3.63) is 93.5 Å². The number of aromatic hydroxyl groups is 1. The van der Waals surface area contributed by atoms with Gasteiger partial charge in [-0.2, -0.15) is 4.31 Å². The molecule has 5 rings (SSSR count). The molecular formula is C30H35NO5S. The first kappa shape index (κ1) is 25.7. The van der Waals surface area contributed by atoms with Gasteiger partial charge in [-0.25, -0.2) is 13.2 Å². The quantitative estimate of drug-likeness (QED) is 0.377. The van der Waals surface area contributed by atoms with Gasteiger partial charge < -0.3 is 9.52 Å². The Kier molecular flexibility index (Phi) is 7.28. The maximum atomic E-state index is 13.4. The molecule has 1 aliphatic heterocycles. The molecule has 196 valence electrons. The van der Waals surface area contributed by atoms with Gasteiger partial charge in [0.2, 0.25) is 10.0 Å². The fourth-order valence-electron chi connectivity index (χ4n) is 5.78. The smallest absolute Gasteiger partial charge is 0.343 e. The van der Waals surface area contributed by atoms with Gasteiger partial charge in [0.1, 0.15) is 11.5 Å². The lowest BCUT2D eigenvalue weighted by molar-refractivity contribution is 0.314. The summed E-state index contributed by atoms with van der Waals surface area (Å²) >= 11 is 0. The summed E-state index contributed by atoms with van der Waals surface area (Å²) in [5.74, 6) is 0.360. The van der Waals surface area contributed by atoms with Gasteiger partial charge in [-0.15, -0.1) is 0 Å². The zero-order chi connectivity index (χ0) is 26.2. The van der Waals surface area contributed by atoms with Crippen LogP contribution in [0.2, 0.25) is 0 Å². The van der Waals surface area contributed by atoms with Crippen LogP contribution in [0.25, 0.3) is 0 Å². The highest BCUT2D eigenvalue weighted by atomic mass is 32.2. The number of sulfonamides is 1. The van der Waals surface area contributed by atoms with E-state index in [0.29, 0.717) is 41.5 Å². The second-order valence-electron chi connectivity index (χ2n) is 10.5. The summed E-state index contributed by atoms with van der Waals surface area (Å²) in [4.78, 5) is 13.6. The molecular weight excluding hydrogens is 486 g/mol. The summed E-state index contributed by atoms with van der Waals surface area (Å²) < 4.78 is 34.3. The zero-order valence-corrected chi connectivity index (χ0v) is 22.3. The fraction of sp³-hybridized carbons (Fsp3) is 0.433. The average Bonchev–Trinajstić information content (AvgIpc) is 3.61. The molecule has 3 aromatic rings. The van der Waals surface area contributed by atoms with Crippen molar-refractivity contribution in [3.63, 3.8) is 0 Å². The molecule has 3 unspecified atom stereocenters. The SMILES string of the molecule is CCC(CC1CCCN1S(=O)(=O)c1ccc(C)cc1)c1cc(O)c(C(c2ccccc2)C2CC2)c(=O)o1. The minimum Gasteiger partial charge on any atom is -0.507 e. The second-order valence-corrected chi connectivity index (χ2v) is 12.4. The van der Waals surface area contributed by atoms with Gasteiger partial charge in [0.05, 0.1) is 10.5 Å². The lowest BCUT2D eigenvalue weighted by atomic mass is 9.86. The van der Waals surface area contributed by atoms with E-state index in [1.807, 2.05) is 56.3 Å². The third-order valence-electron chi connectivity index (χ3n) is 7.95. The summed E-state index contributed by atoms with van der Waals surface area (Å²) in [6.07, 6.45) is 4.79. The largest absolute Gasteiger partial charge is 0.507 e. The van der Waals surface area contributed by atoms with E-state index in [1.54, 1.807) is 22.5 Å². The van der Waals surface area contributed by atoms with E-state index in [-0.39, 0.29) is 23.6 Å². The lowest BCUT2D eigenvalue weighted by Crippen LogP contribution is -2.36. The molecule has 2 fully saturated rings. The fourth-order valence-corrected chi connectivity index (χ4v) is 7.48. The van der Waals surface area contributed by atoms with Crippen LogP contribution in [0, 0.1) is 12.8 Å². The van der Waals surface area contributed by atoms with E-state index in [0.717, 1.165) is 36.8 Å².